The number of benzene rings is 3. The van der Waals surface area contributed by atoms with Crippen LogP contribution in [-0.2, 0) is 14.8 Å². The van der Waals surface area contributed by atoms with Gasteiger partial charge in [0.1, 0.15) is 5.75 Å². The molecule has 1 aromatic heterocycles. The molecule has 1 N–H and O–H groups in total. The van der Waals surface area contributed by atoms with Crippen molar-refractivity contribution >= 4 is 21.9 Å². The van der Waals surface area contributed by atoms with Gasteiger partial charge in [-0.2, -0.15) is 4.31 Å². The SMILES string of the molecule is COc1ccc(S(=O)(=O)N(CC(=O)Nc2nc(-c3ccccc3)cn2-c2ccccc2)CC(C)C)cc1. The van der Waals surface area contributed by atoms with Crippen molar-refractivity contribution in [3.63, 3.8) is 0 Å². The number of carbonyl (C=O) groups excluding carboxylic acids is 1. The minimum Gasteiger partial charge on any atom is -0.497 e. The van der Waals surface area contributed by atoms with Gasteiger partial charge in [0.05, 0.1) is 24.2 Å². The smallest absolute Gasteiger partial charge is 0.243 e. The number of nitrogens with one attached hydrogen (secondary N) is 1. The lowest BCUT2D eigenvalue weighted by molar-refractivity contribution is -0.116. The molecule has 0 fully saturated rings. The first-order chi connectivity index (χ1) is 17.8. The van der Waals surface area contributed by atoms with Gasteiger partial charge >= 0.3 is 0 Å². The van der Waals surface area contributed by atoms with E-state index in [-0.39, 0.29) is 23.9 Å². The zero-order valence-electron chi connectivity index (χ0n) is 21.0. The molecule has 4 rings (SSSR count). The molecule has 4 aromatic rings. The summed E-state index contributed by atoms with van der Waals surface area (Å²) in [5, 5.41) is 2.83. The normalized spacial score (nSPS) is 11.6. The van der Waals surface area contributed by atoms with Crippen LogP contribution in [0.2, 0.25) is 0 Å². The highest BCUT2D eigenvalue weighted by molar-refractivity contribution is 7.89. The summed E-state index contributed by atoms with van der Waals surface area (Å²) < 4.78 is 35.0. The highest BCUT2D eigenvalue weighted by atomic mass is 32.2. The molecule has 0 unspecified atom stereocenters. The highest BCUT2D eigenvalue weighted by Crippen LogP contribution is 2.25. The molecule has 0 spiro atoms. The zero-order valence-corrected chi connectivity index (χ0v) is 21.9. The lowest BCUT2D eigenvalue weighted by atomic mass is 10.2. The minimum absolute atomic E-state index is 0.0109. The van der Waals surface area contributed by atoms with Crippen molar-refractivity contribution in [2.75, 3.05) is 25.5 Å². The number of sulfonamides is 1. The van der Waals surface area contributed by atoms with Gasteiger partial charge in [0.2, 0.25) is 21.9 Å². The number of hydrogen-bond donors (Lipinski definition) is 1. The van der Waals surface area contributed by atoms with Crippen molar-refractivity contribution in [3.8, 4) is 22.7 Å². The van der Waals surface area contributed by atoms with Crippen LogP contribution in [0.1, 0.15) is 13.8 Å². The number of methoxy groups -OCH3 is 1. The molecule has 8 nitrogen and oxygen atoms in total. The van der Waals surface area contributed by atoms with Crippen molar-refractivity contribution in [3.05, 3.63) is 91.1 Å². The first kappa shape index (κ1) is 26.1. The largest absolute Gasteiger partial charge is 0.497 e. The molecule has 0 aliphatic heterocycles. The van der Waals surface area contributed by atoms with Gasteiger partial charge < -0.3 is 4.74 Å². The predicted molar refractivity (Wildman–Crippen MR) is 144 cm³/mol. The van der Waals surface area contributed by atoms with Gasteiger partial charge in [0.15, 0.2) is 0 Å². The number of anilines is 1. The summed E-state index contributed by atoms with van der Waals surface area (Å²) in [6, 6.07) is 25.3. The Morgan fingerprint density at radius 2 is 1.59 bits per heavy atom. The fraction of sp³-hybridized carbons (Fsp3) is 0.214. The molecule has 0 saturated heterocycles. The molecule has 0 bridgehead atoms. The minimum atomic E-state index is -3.92. The third-order valence-electron chi connectivity index (χ3n) is 5.65. The number of imidazole rings is 1. The van der Waals surface area contributed by atoms with E-state index in [2.05, 4.69) is 10.3 Å². The zero-order chi connectivity index (χ0) is 26.4. The van der Waals surface area contributed by atoms with Crippen molar-refractivity contribution < 1.29 is 17.9 Å². The predicted octanol–water partition coefficient (Wildman–Crippen LogP) is 4.83. The summed E-state index contributed by atoms with van der Waals surface area (Å²) in [5.74, 6) is 0.382. The second-order valence-corrected chi connectivity index (χ2v) is 10.9. The number of hydrogen-bond acceptors (Lipinski definition) is 5. The average molecular weight is 519 g/mol. The molecule has 37 heavy (non-hydrogen) atoms. The Hall–Kier alpha value is -3.95. The van der Waals surface area contributed by atoms with Crippen LogP contribution in [0, 0.1) is 5.92 Å². The molecule has 1 heterocycles. The number of para-hydroxylation sites is 1. The number of aromatic nitrogens is 2. The van der Waals surface area contributed by atoms with Gasteiger partial charge in [0.25, 0.3) is 0 Å². The summed E-state index contributed by atoms with van der Waals surface area (Å²) in [6.45, 7) is 3.64. The maximum Gasteiger partial charge on any atom is 0.243 e. The summed E-state index contributed by atoms with van der Waals surface area (Å²) in [7, 11) is -2.40. The molecule has 1 amide bonds. The lowest BCUT2D eigenvalue weighted by Crippen LogP contribution is -2.40. The molecule has 0 saturated carbocycles. The summed E-state index contributed by atoms with van der Waals surface area (Å²) in [4.78, 5) is 18.0. The lowest BCUT2D eigenvalue weighted by Gasteiger charge is -2.23. The maximum atomic E-state index is 13.4. The summed E-state index contributed by atoms with van der Waals surface area (Å²) in [6.07, 6.45) is 1.85. The van der Waals surface area contributed by atoms with Crippen LogP contribution in [0.5, 0.6) is 5.75 Å². The Balaban J connectivity index is 1.62. The Bertz CT molecular complexity index is 1430. The van der Waals surface area contributed by atoms with Gasteiger partial charge in [-0.15, -0.1) is 0 Å². The number of rotatable bonds is 10. The van der Waals surface area contributed by atoms with Gasteiger partial charge in [-0.3, -0.25) is 14.7 Å². The summed E-state index contributed by atoms with van der Waals surface area (Å²) >= 11 is 0. The third-order valence-corrected chi connectivity index (χ3v) is 7.47. The molecule has 0 aliphatic carbocycles. The Labute approximate surface area is 217 Å². The van der Waals surface area contributed by atoms with Crippen molar-refractivity contribution in [1.29, 1.82) is 0 Å². The standard InChI is InChI=1S/C28H30N4O4S/c1-21(2)18-31(37(34,35)25-16-14-24(36-3)15-17-25)20-27(33)30-28-29-26(22-10-6-4-7-11-22)19-32(28)23-12-8-5-9-13-23/h4-17,19,21H,18,20H2,1-3H3,(H,29,30,33). The van der Waals surface area contributed by atoms with Crippen molar-refractivity contribution in [2.24, 2.45) is 5.92 Å². The molecular formula is C28H30N4O4S. The first-order valence-electron chi connectivity index (χ1n) is 11.9. The quantitative estimate of drug-likeness (QED) is 0.324. The molecule has 192 valence electrons. The Morgan fingerprint density at radius 3 is 2.19 bits per heavy atom. The molecular weight excluding hydrogens is 488 g/mol. The van der Waals surface area contributed by atoms with Crippen molar-refractivity contribution in [1.82, 2.24) is 13.9 Å². The van der Waals surface area contributed by atoms with E-state index in [0.29, 0.717) is 17.4 Å². The van der Waals surface area contributed by atoms with Crippen LogP contribution in [0.25, 0.3) is 16.9 Å². The van der Waals surface area contributed by atoms with Gasteiger partial charge in [-0.1, -0.05) is 62.4 Å². The van der Waals surface area contributed by atoms with E-state index in [1.807, 2.05) is 80.7 Å². The van der Waals surface area contributed by atoms with E-state index >= 15 is 0 Å². The van der Waals surface area contributed by atoms with Crippen molar-refractivity contribution in [2.45, 2.75) is 18.7 Å². The second-order valence-electron chi connectivity index (χ2n) is 8.94. The monoisotopic (exact) mass is 518 g/mol. The van der Waals surface area contributed by atoms with E-state index in [9.17, 15) is 13.2 Å². The molecule has 0 aliphatic rings. The topological polar surface area (TPSA) is 93.5 Å². The van der Waals surface area contributed by atoms with Gasteiger partial charge in [-0.05, 0) is 42.3 Å². The highest BCUT2D eigenvalue weighted by Gasteiger charge is 2.28. The number of nitrogens with zero attached hydrogens (tertiary/aromatic N) is 3. The number of carbonyl (C=O) groups is 1. The second kappa shape index (κ2) is 11.4. The van der Waals surface area contributed by atoms with E-state index < -0.39 is 15.9 Å². The molecule has 9 heteroatoms. The Morgan fingerprint density at radius 1 is 0.973 bits per heavy atom. The number of amides is 1. The molecule has 0 radical (unpaired) electrons. The van der Waals surface area contributed by atoms with Crippen LogP contribution in [0.3, 0.4) is 0 Å². The third kappa shape index (κ3) is 6.25. The van der Waals surface area contributed by atoms with E-state index in [4.69, 9.17) is 4.74 Å². The van der Waals surface area contributed by atoms with Crippen LogP contribution < -0.4 is 10.1 Å². The number of ether oxygens (including phenoxy) is 1. The van der Waals surface area contributed by atoms with Crippen LogP contribution >= 0.6 is 0 Å². The van der Waals surface area contributed by atoms with E-state index in [1.54, 1.807) is 16.7 Å². The van der Waals surface area contributed by atoms with Gasteiger partial charge in [-0.25, -0.2) is 13.4 Å². The van der Waals surface area contributed by atoms with Crippen LogP contribution in [-0.4, -0.2) is 48.4 Å². The van der Waals surface area contributed by atoms with E-state index in [1.165, 1.54) is 23.5 Å². The van der Waals surface area contributed by atoms with Gasteiger partial charge in [0, 0.05) is 24.0 Å². The fourth-order valence-corrected chi connectivity index (χ4v) is 5.44. The molecule has 0 atom stereocenters. The average Bonchev–Trinajstić information content (AvgIpc) is 3.32. The summed E-state index contributed by atoms with van der Waals surface area (Å²) in [5.41, 5.74) is 2.40. The fourth-order valence-electron chi connectivity index (χ4n) is 3.88. The van der Waals surface area contributed by atoms with Crippen LogP contribution in [0.15, 0.2) is 96.0 Å². The molecule has 3 aromatic carbocycles. The van der Waals surface area contributed by atoms with Crippen LogP contribution in [0.4, 0.5) is 5.95 Å². The first-order valence-corrected chi connectivity index (χ1v) is 13.4. The van der Waals surface area contributed by atoms with E-state index in [0.717, 1.165) is 11.3 Å². The maximum absolute atomic E-state index is 13.4. The Kier molecular flexibility index (Phi) is 8.05.